The molecule has 1 aromatic carbocycles. The van der Waals surface area contributed by atoms with E-state index in [-0.39, 0.29) is 17.3 Å². The number of nitrogens with two attached hydrogens (primary N) is 1. The number of benzene rings is 1. The van der Waals surface area contributed by atoms with Crippen LogP contribution >= 0.6 is 0 Å². The number of amides is 1. The van der Waals surface area contributed by atoms with Crippen molar-refractivity contribution in [3.63, 3.8) is 0 Å². The number of hydrogen-bond acceptors (Lipinski definition) is 4. The van der Waals surface area contributed by atoms with Gasteiger partial charge in [-0.2, -0.15) is 0 Å². The van der Waals surface area contributed by atoms with Crippen molar-refractivity contribution in [2.75, 3.05) is 5.73 Å². The van der Waals surface area contributed by atoms with Crippen LogP contribution in [0.5, 0.6) is 0 Å². The minimum atomic E-state index is -0.896. The second-order valence-electron chi connectivity index (χ2n) is 5.31. The molecule has 1 fully saturated rings. The fourth-order valence-corrected chi connectivity index (χ4v) is 2.60. The molecule has 0 spiro atoms. The number of nitrogens with one attached hydrogen (secondary N) is 1. The van der Waals surface area contributed by atoms with Crippen LogP contribution in [0.3, 0.4) is 0 Å². The van der Waals surface area contributed by atoms with Crippen molar-refractivity contribution in [1.82, 2.24) is 5.32 Å². The Morgan fingerprint density at radius 2 is 1.90 bits per heavy atom. The molecule has 1 saturated carbocycles. The van der Waals surface area contributed by atoms with E-state index in [0.29, 0.717) is 6.07 Å². The molecule has 0 atom stereocenters. The Balaban J connectivity index is 2.21. The third-order valence-electron chi connectivity index (χ3n) is 3.75. The monoisotopic (exact) mass is 295 g/mol. The van der Waals surface area contributed by atoms with E-state index in [0.717, 1.165) is 44.6 Å². The van der Waals surface area contributed by atoms with Gasteiger partial charge in [0.25, 0.3) is 11.6 Å². The van der Waals surface area contributed by atoms with Gasteiger partial charge in [0, 0.05) is 6.04 Å². The highest BCUT2D eigenvalue weighted by atomic mass is 19.1. The maximum Gasteiger partial charge on any atom is 0.285 e. The zero-order valence-electron chi connectivity index (χ0n) is 11.6. The fraction of sp³-hybridized carbons (Fsp3) is 0.500. The van der Waals surface area contributed by atoms with Gasteiger partial charge in [0.1, 0.15) is 5.56 Å². The summed E-state index contributed by atoms with van der Waals surface area (Å²) in [6.07, 6.45) is 6.04. The van der Waals surface area contributed by atoms with Crippen molar-refractivity contribution < 1.29 is 14.1 Å². The number of anilines is 1. The van der Waals surface area contributed by atoms with E-state index in [1.807, 2.05) is 0 Å². The van der Waals surface area contributed by atoms with E-state index >= 15 is 0 Å². The van der Waals surface area contributed by atoms with Gasteiger partial charge in [-0.05, 0) is 18.9 Å². The number of hydrogen-bond donors (Lipinski definition) is 2. The lowest BCUT2D eigenvalue weighted by atomic mass is 10.1. The smallest absolute Gasteiger partial charge is 0.285 e. The molecule has 0 heterocycles. The van der Waals surface area contributed by atoms with Gasteiger partial charge in [-0.25, -0.2) is 4.39 Å². The predicted octanol–water partition coefficient (Wildman–Crippen LogP) is 2.77. The predicted molar refractivity (Wildman–Crippen MR) is 76.4 cm³/mol. The number of nitrogens with zero attached hydrogens (tertiary/aromatic N) is 1. The van der Waals surface area contributed by atoms with Gasteiger partial charge in [-0.1, -0.05) is 25.7 Å². The Morgan fingerprint density at radius 3 is 2.48 bits per heavy atom. The van der Waals surface area contributed by atoms with Crippen molar-refractivity contribution >= 4 is 17.3 Å². The SMILES string of the molecule is Nc1cc(C(=O)NC2CCCCCC2)c([N+](=O)[O-])cc1F. The highest BCUT2D eigenvalue weighted by Gasteiger charge is 2.25. The average Bonchev–Trinajstić information content (AvgIpc) is 2.69. The summed E-state index contributed by atoms with van der Waals surface area (Å²) >= 11 is 0. The quantitative estimate of drug-likeness (QED) is 0.387. The molecule has 0 bridgehead atoms. The van der Waals surface area contributed by atoms with Crippen LogP contribution in [0.2, 0.25) is 0 Å². The first kappa shape index (κ1) is 15.2. The number of halogens is 1. The molecule has 0 aromatic heterocycles. The molecule has 2 rings (SSSR count). The van der Waals surface area contributed by atoms with E-state index in [9.17, 15) is 19.3 Å². The average molecular weight is 295 g/mol. The second-order valence-corrected chi connectivity index (χ2v) is 5.31. The maximum atomic E-state index is 13.3. The van der Waals surface area contributed by atoms with Crippen LogP contribution in [0.15, 0.2) is 12.1 Å². The summed E-state index contributed by atoms with van der Waals surface area (Å²) in [6, 6.07) is 1.72. The molecule has 0 radical (unpaired) electrons. The molecule has 1 aliphatic carbocycles. The molecule has 0 unspecified atom stereocenters. The van der Waals surface area contributed by atoms with Crippen LogP contribution in [-0.4, -0.2) is 16.9 Å². The van der Waals surface area contributed by atoms with Gasteiger partial charge in [-0.15, -0.1) is 0 Å². The van der Waals surface area contributed by atoms with Crippen LogP contribution < -0.4 is 11.1 Å². The van der Waals surface area contributed by atoms with Crippen molar-refractivity contribution in [3.8, 4) is 0 Å². The summed E-state index contributed by atoms with van der Waals surface area (Å²) in [4.78, 5) is 22.4. The number of nitro groups is 1. The van der Waals surface area contributed by atoms with E-state index in [4.69, 9.17) is 5.73 Å². The van der Waals surface area contributed by atoms with Gasteiger partial charge in [0.2, 0.25) is 0 Å². The summed E-state index contributed by atoms with van der Waals surface area (Å²) < 4.78 is 13.3. The van der Waals surface area contributed by atoms with Gasteiger partial charge in [0.05, 0.1) is 16.7 Å². The standard InChI is InChI=1S/C14H18FN3O3/c15-11-8-13(18(20)21)10(7-12(11)16)14(19)17-9-5-3-1-2-4-6-9/h7-9H,1-6,16H2,(H,17,19). The minimum Gasteiger partial charge on any atom is -0.396 e. The molecule has 21 heavy (non-hydrogen) atoms. The lowest BCUT2D eigenvalue weighted by Gasteiger charge is -2.16. The Bertz CT molecular complexity index is 555. The molecular formula is C14H18FN3O3. The van der Waals surface area contributed by atoms with Gasteiger partial charge >= 0.3 is 0 Å². The van der Waals surface area contributed by atoms with Gasteiger partial charge in [-0.3, -0.25) is 14.9 Å². The Hall–Kier alpha value is -2.18. The minimum absolute atomic E-state index is 0.00545. The van der Waals surface area contributed by atoms with Gasteiger partial charge < -0.3 is 11.1 Å². The molecule has 1 aliphatic rings. The lowest BCUT2D eigenvalue weighted by molar-refractivity contribution is -0.385. The van der Waals surface area contributed by atoms with Crippen molar-refractivity contribution in [2.24, 2.45) is 0 Å². The highest BCUT2D eigenvalue weighted by molar-refractivity contribution is 5.99. The molecular weight excluding hydrogens is 277 g/mol. The van der Waals surface area contributed by atoms with E-state index < -0.39 is 22.3 Å². The second kappa shape index (κ2) is 6.51. The normalized spacial score (nSPS) is 16.2. The molecule has 6 nitrogen and oxygen atoms in total. The molecule has 1 aromatic rings. The van der Waals surface area contributed by atoms with E-state index in [2.05, 4.69) is 5.32 Å². The summed E-state index contributed by atoms with van der Waals surface area (Å²) in [6.45, 7) is 0. The molecule has 3 N–H and O–H groups in total. The van der Waals surface area contributed by atoms with Crippen LogP contribution in [-0.2, 0) is 0 Å². The topological polar surface area (TPSA) is 98.3 Å². The summed E-state index contributed by atoms with van der Waals surface area (Å²) in [5, 5.41) is 13.8. The van der Waals surface area contributed by atoms with Gasteiger partial charge in [0.15, 0.2) is 5.82 Å². The van der Waals surface area contributed by atoms with Crippen molar-refractivity contribution in [1.29, 1.82) is 0 Å². The van der Waals surface area contributed by atoms with Crippen LogP contribution in [0.25, 0.3) is 0 Å². The lowest BCUT2D eigenvalue weighted by Crippen LogP contribution is -2.34. The first-order valence-electron chi connectivity index (χ1n) is 7.03. The van der Waals surface area contributed by atoms with Crippen molar-refractivity contribution in [3.05, 3.63) is 33.6 Å². The summed E-state index contributed by atoms with van der Waals surface area (Å²) in [5.74, 6) is -1.46. The van der Waals surface area contributed by atoms with E-state index in [1.165, 1.54) is 0 Å². The van der Waals surface area contributed by atoms with E-state index in [1.54, 1.807) is 0 Å². The van der Waals surface area contributed by atoms with Crippen LogP contribution in [0, 0.1) is 15.9 Å². The van der Waals surface area contributed by atoms with Crippen LogP contribution in [0.4, 0.5) is 15.8 Å². The molecule has 114 valence electrons. The number of carbonyl (C=O) groups is 1. The molecule has 1 amide bonds. The Kier molecular flexibility index (Phi) is 4.72. The Morgan fingerprint density at radius 1 is 1.29 bits per heavy atom. The molecule has 0 saturated heterocycles. The zero-order chi connectivity index (χ0) is 15.4. The Labute approximate surface area is 121 Å². The maximum absolute atomic E-state index is 13.3. The largest absolute Gasteiger partial charge is 0.396 e. The van der Waals surface area contributed by atoms with Crippen molar-refractivity contribution in [2.45, 2.75) is 44.6 Å². The molecule has 0 aliphatic heterocycles. The number of rotatable bonds is 3. The number of nitrogen functional groups attached to an aromatic ring is 1. The van der Waals surface area contributed by atoms with Crippen LogP contribution in [0.1, 0.15) is 48.9 Å². The third-order valence-corrected chi connectivity index (χ3v) is 3.75. The molecule has 7 heteroatoms. The number of nitro benzene ring substituents is 1. The fourth-order valence-electron chi connectivity index (χ4n) is 2.60. The third kappa shape index (κ3) is 3.68. The zero-order valence-corrected chi connectivity index (χ0v) is 11.6. The number of carbonyl (C=O) groups excluding carboxylic acids is 1. The first-order chi connectivity index (χ1) is 9.99. The first-order valence-corrected chi connectivity index (χ1v) is 7.03. The summed E-state index contributed by atoms with van der Waals surface area (Å²) in [7, 11) is 0. The summed E-state index contributed by atoms with van der Waals surface area (Å²) in [5.41, 5.74) is 4.38. The highest BCUT2D eigenvalue weighted by Crippen LogP contribution is 2.25.